The van der Waals surface area contributed by atoms with Gasteiger partial charge in [0.25, 0.3) is 11.1 Å². The Labute approximate surface area is 95.8 Å². The summed E-state index contributed by atoms with van der Waals surface area (Å²) in [5.74, 6) is -0.182. The van der Waals surface area contributed by atoms with Crippen molar-refractivity contribution in [3.05, 3.63) is 27.3 Å². The number of thiophene rings is 1. The lowest BCUT2D eigenvalue weighted by Gasteiger charge is -2.06. The van der Waals surface area contributed by atoms with Crippen molar-refractivity contribution in [2.24, 2.45) is 0 Å². The molecule has 0 N–H and O–H groups in total. The maximum atomic E-state index is 11.7. The zero-order valence-corrected chi connectivity index (χ0v) is 9.73. The van der Waals surface area contributed by atoms with Crippen LogP contribution in [0.3, 0.4) is 0 Å². The standard InChI is InChI=1S/C10H9NO2S2/c1-2-11-9(12)8(15-10(11)13)5-7-3-4-14-6-7/h3-6H,2H2,1H3/b8-5-. The number of rotatable bonds is 2. The van der Waals surface area contributed by atoms with Crippen molar-refractivity contribution >= 4 is 40.3 Å². The normalized spacial score (nSPS) is 19.3. The molecule has 3 nitrogen and oxygen atoms in total. The van der Waals surface area contributed by atoms with Crippen molar-refractivity contribution in [2.45, 2.75) is 6.92 Å². The highest BCUT2D eigenvalue weighted by Crippen LogP contribution is 2.32. The Morgan fingerprint density at radius 1 is 1.47 bits per heavy atom. The number of likely N-dealkylation sites (N-methyl/N-ethyl adjacent to an activating group) is 1. The first-order valence-electron chi connectivity index (χ1n) is 4.50. The van der Waals surface area contributed by atoms with Crippen molar-refractivity contribution in [1.29, 1.82) is 0 Å². The first-order valence-corrected chi connectivity index (χ1v) is 6.26. The van der Waals surface area contributed by atoms with E-state index in [4.69, 9.17) is 0 Å². The largest absolute Gasteiger partial charge is 0.293 e. The summed E-state index contributed by atoms with van der Waals surface area (Å²) >= 11 is 2.58. The maximum absolute atomic E-state index is 11.7. The Morgan fingerprint density at radius 2 is 2.27 bits per heavy atom. The lowest BCUT2D eigenvalue weighted by molar-refractivity contribution is -0.122. The molecule has 1 aromatic rings. The Kier molecular flexibility index (Phi) is 2.93. The van der Waals surface area contributed by atoms with Crippen molar-refractivity contribution in [2.75, 3.05) is 6.54 Å². The molecule has 1 saturated heterocycles. The topological polar surface area (TPSA) is 37.4 Å². The number of amides is 2. The van der Waals surface area contributed by atoms with E-state index in [0.717, 1.165) is 17.3 Å². The van der Waals surface area contributed by atoms with E-state index in [0.29, 0.717) is 11.4 Å². The van der Waals surface area contributed by atoms with E-state index < -0.39 is 0 Å². The molecule has 0 spiro atoms. The molecule has 0 unspecified atom stereocenters. The average molecular weight is 239 g/mol. The van der Waals surface area contributed by atoms with E-state index in [1.54, 1.807) is 24.3 Å². The molecule has 1 aromatic heterocycles. The monoisotopic (exact) mass is 239 g/mol. The second-order valence-corrected chi connectivity index (χ2v) is 4.76. The Balaban J connectivity index is 2.26. The third kappa shape index (κ3) is 1.98. The summed E-state index contributed by atoms with van der Waals surface area (Å²) in [6.45, 7) is 2.23. The zero-order valence-electron chi connectivity index (χ0n) is 8.10. The molecule has 0 saturated carbocycles. The van der Waals surface area contributed by atoms with Crippen molar-refractivity contribution in [1.82, 2.24) is 4.90 Å². The SMILES string of the molecule is CCN1C(=O)S/C(=C\c2ccsc2)C1=O. The van der Waals surface area contributed by atoms with Crippen LogP contribution in [0.5, 0.6) is 0 Å². The minimum atomic E-state index is -0.182. The van der Waals surface area contributed by atoms with Crippen LogP contribution in [0.1, 0.15) is 12.5 Å². The summed E-state index contributed by atoms with van der Waals surface area (Å²) in [7, 11) is 0. The molecule has 0 aromatic carbocycles. The van der Waals surface area contributed by atoms with Gasteiger partial charge in [-0.2, -0.15) is 11.3 Å². The molecule has 2 amide bonds. The van der Waals surface area contributed by atoms with Crippen LogP contribution in [0.4, 0.5) is 4.79 Å². The van der Waals surface area contributed by atoms with E-state index >= 15 is 0 Å². The van der Waals surface area contributed by atoms with Gasteiger partial charge in [-0.25, -0.2) is 0 Å². The first kappa shape index (κ1) is 10.4. The highest BCUT2D eigenvalue weighted by atomic mass is 32.2. The molecule has 1 aliphatic heterocycles. The number of hydrogen-bond donors (Lipinski definition) is 0. The van der Waals surface area contributed by atoms with Crippen LogP contribution in [0, 0.1) is 0 Å². The molecule has 78 valence electrons. The average Bonchev–Trinajstić information content (AvgIpc) is 2.78. The van der Waals surface area contributed by atoms with Crippen LogP contribution >= 0.6 is 23.1 Å². The molecular weight excluding hydrogens is 230 g/mol. The quantitative estimate of drug-likeness (QED) is 0.745. The Morgan fingerprint density at radius 3 is 2.80 bits per heavy atom. The summed E-state index contributed by atoms with van der Waals surface area (Å²) < 4.78 is 0. The second-order valence-electron chi connectivity index (χ2n) is 2.98. The number of hydrogen-bond acceptors (Lipinski definition) is 4. The fourth-order valence-electron chi connectivity index (χ4n) is 1.28. The predicted octanol–water partition coefficient (Wildman–Crippen LogP) is 2.80. The highest BCUT2D eigenvalue weighted by Gasteiger charge is 2.33. The van der Waals surface area contributed by atoms with Crippen LogP contribution in [-0.2, 0) is 4.79 Å². The number of imide groups is 1. The Bertz CT molecular complexity index is 423. The van der Waals surface area contributed by atoms with Crippen LogP contribution in [-0.4, -0.2) is 22.6 Å². The van der Waals surface area contributed by atoms with Gasteiger partial charge in [0, 0.05) is 6.54 Å². The molecule has 1 fully saturated rings. The minimum absolute atomic E-state index is 0.177. The van der Waals surface area contributed by atoms with Gasteiger partial charge in [0.05, 0.1) is 4.91 Å². The van der Waals surface area contributed by atoms with Gasteiger partial charge in [-0.05, 0) is 47.2 Å². The summed E-state index contributed by atoms with van der Waals surface area (Å²) in [5.41, 5.74) is 0.974. The number of thioether (sulfide) groups is 1. The van der Waals surface area contributed by atoms with Crippen LogP contribution in [0.2, 0.25) is 0 Å². The fourth-order valence-corrected chi connectivity index (χ4v) is 2.80. The molecule has 15 heavy (non-hydrogen) atoms. The van der Waals surface area contributed by atoms with Gasteiger partial charge < -0.3 is 0 Å². The van der Waals surface area contributed by atoms with E-state index in [2.05, 4.69) is 0 Å². The third-order valence-electron chi connectivity index (χ3n) is 2.03. The number of nitrogens with zero attached hydrogens (tertiary/aromatic N) is 1. The van der Waals surface area contributed by atoms with Gasteiger partial charge in [-0.3, -0.25) is 14.5 Å². The highest BCUT2D eigenvalue weighted by molar-refractivity contribution is 8.18. The van der Waals surface area contributed by atoms with Crippen molar-refractivity contribution < 1.29 is 9.59 Å². The predicted molar refractivity (Wildman–Crippen MR) is 62.7 cm³/mol. The summed E-state index contributed by atoms with van der Waals surface area (Å²) in [6.07, 6.45) is 1.76. The van der Waals surface area contributed by atoms with Gasteiger partial charge in [-0.15, -0.1) is 0 Å². The molecule has 1 aliphatic rings. The van der Waals surface area contributed by atoms with E-state index in [1.807, 2.05) is 16.8 Å². The van der Waals surface area contributed by atoms with Crippen LogP contribution in [0.25, 0.3) is 6.08 Å². The summed E-state index contributed by atoms with van der Waals surface area (Å²) in [5, 5.41) is 3.71. The zero-order chi connectivity index (χ0) is 10.8. The maximum Gasteiger partial charge on any atom is 0.293 e. The molecule has 2 rings (SSSR count). The molecule has 0 atom stereocenters. The minimum Gasteiger partial charge on any atom is -0.269 e. The molecular formula is C10H9NO2S2. The Hall–Kier alpha value is -1.07. The molecule has 0 bridgehead atoms. The van der Waals surface area contributed by atoms with E-state index in [9.17, 15) is 9.59 Å². The van der Waals surface area contributed by atoms with Gasteiger partial charge in [0.15, 0.2) is 0 Å². The smallest absolute Gasteiger partial charge is 0.269 e. The van der Waals surface area contributed by atoms with Gasteiger partial charge >= 0.3 is 0 Å². The molecule has 0 aliphatic carbocycles. The van der Waals surface area contributed by atoms with Gasteiger partial charge in [0.1, 0.15) is 0 Å². The van der Waals surface area contributed by atoms with E-state index in [-0.39, 0.29) is 11.1 Å². The van der Waals surface area contributed by atoms with Crippen LogP contribution < -0.4 is 0 Å². The molecule has 5 heteroatoms. The third-order valence-corrected chi connectivity index (χ3v) is 3.64. The number of carbonyl (C=O) groups is 2. The lowest BCUT2D eigenvalue weighted by Crippen LogP contribution is -2.27. The number of carbonyl (C=O) groups excluding carboxylic acids is 2. The van der Waals surface area contributed by atoms with Crippen LogP contribution in [0.15, 0.2) is 21.7 Å². The first-order chi connectivity index (χ1) is 7.22. The van der Waals surface area contributed by atoms with Gasteiger partial charge in [-0.1, -0.05) is 0 Å². The second kappa shape index (κ2) is 4.20. The van der Waals surface area contributed by atoms with Crippen molar-refractivity contribution in [3.63, 3.8) is 0 Å². The summed E-state index contributed by atoms with van der Waals surface area (Å²) in [6, 6.07) is 1.92. The fraction of sp³-hybridized carbons (Fsp3) is 0.200. The molecule has 0 radical (unpaired) electrons. The van der Waals surface area contributed by atoms with Crippen molar-refractivity contribution in [3.8, 4) is 0 Å². The molecule has 2 heterocycles. The van der Waals surface area contributed by atoms with Gasteiger partial charge in [0.2, 0.25) is 0 Å². The summed E-state index contributed by atoms with van der Waals surface area (Å²) in [4.78, 5) is 24.8. The van der Waals surface area contributed by atoms with E-state index in [1.165, 1.54) is 4.90 Å². The lowest BCUT2D eigenvalue weighted by atomic mass is 10.3.